The number of rotatable bonds is 3. The molecule has 0 atom stereocenters. The minimum Gasteiger partial charge on any atom is -0.478 e. The zero-order valence-electron chi connectivity index (χ0n) is 6.00. The van der Waals surface area contributed by atoms with Gasteiger partial charge in [0.15, 0.2) is 0 Å². The molecule has 0 heterocycles. The largest absolute Gasteiger partial charge is 0.478 e. The van der Waals surface area contributed by atoms with Crippen molar-refractivity contribution in [2.24, 2.45) is 11.5 Å². The molecule has 0 fully saturated rings. The van der Waals surface area contributed by atoms with Crippen LogP contribution >= 0.6 is 0 Å². The molecule has 0 aliphatic rings. The van der Waals surface area contributed by atoms with Crippen LogP contribution in [0.2, 0.25) is 0 Å². The van der Waals surface area contributed by atoms with Crippen LogP contribution in [0.1, 0.15) is 0 Å². The number of nitrogens with two attached hydrogens (primary N) is 2. The number of carbonyl (C=O) groups is 1. The first-order chi connectivity index (χ1) is 5.49. The molecule has 4 nitrogen and oxygen atoms in total. The molecule has 0 amide bonds. The molecule has 0 aliphatic carbocycles. The molecule has 0 spiro atoms. The fraction of sp³-hybridized carbons (Fsp3) is 0.167. The molecular weight excluding hydrogens is 170 g/mol. The number of aliphatic carboxylic acids is 1. The van der Waals surface area contributed by atoms with Gasteiger partial charge in [-0.2, -0.15) is 0 Å². The monoisotopic (exact) mass is 178 g/mol. The SMILES string of the molecule is N/C=C(\C=C(/N)C(F)F)C(=O)O. The molecule has 6 heteroatoms. The quantitative estimate of drug-likeness (QED) is 0.420. The highest BCUT2D eigenvalue weighted by molar-refractivity contribution is 5.89. The Balaban J connectivity index is 4.60. The third-order valence-corrected chi connectivity index (χ3v) is 1.00. The van der Waals surface area contributed by atoms with E-state index in [-0.39, 0.29) is 0 Å². The van der Waals surface area contributed by atoms with Crippen molar-refractivity contribution in [2.45, 2.75) is 6.43 Å². The van der Waals surface area contributed by atoms with Crippen molar-refractivity contribution in [1.29, 1.82) is 0 Å². The zero-order valence-corrected chi connectivity index (χ0v) is 6.00. The highest BCUT2D eigenvalue weighted by Gasteiger charge is 2.09. The maximum atomic E-state index is 11.7. The van der Waals surface area contributed by atoms with Gasteiger partial charge in [-0.15, -0.1) is 0 Å². The average molecular weight is 178 g/mol. The van der Waals surface area contributed by atoms with Gasteiger partial charge in [0.25, 0.3) is 6.43 Å². The van der Waals surface area contributed by atoms with Crippen LogP contribution in [0, 0.1) is 0 Å². The standard InChI is InChI=1S/C6H8F2N2O2/c7-5(8)4(10)1-3(2-9)6(11)12/h1-2,5H,9-10H2,(H,11,12)/b3-2+,4-1-. The summed E-state index contributed by atoms with van der Waals surface area (Å²) >= 11 is 0. The number of hydrogen-bond acceptors (Lipinski definition) is 3. The fourth-order valence-electron chi connectivity index (χ4n) is 0.424. The summed E-state index contributed by atoms with van der Waals surface area (Å²) in [6.45, 7) is 0. The minimum absolute atomic E-state index is 0.465. The third kappa shape index (κ3) is 3.00. The Bertz CT molecular complexity index is 236. The van der Waals surface area contributed by atoms with Gasteiger partial charge in [-0.3, -0.25) is 0 Å². The Morgan fingerprint density at radius 1 is 1.50 bits per heavy atom. The molecule has 0 unspecified atom stereocenters. The van der Waals surface area contributed by atoms with Gasteiger partial charge in [-0.05, 0) is 6.08 Å². The number of hydrogen-bond donors (Lipinski definition) is 3. The average Bonchev–Trinajstić information content (AvgIpc) is 1.98. The van der Waals surface area contributed by atoms with Crippen LogP contribution in [0.3, 0.4) is 0 Å². The van der Waals surface area contributed by atoms with Gasteiger partial charge in [0.2, 0.25) is 0 Å². The lowest BCUT2D eigenvalue weighted by Crippen LogP contribution is -2.10. The predicted molar refractivity (Wildman–Crippen MR) is 38.2 cm³/mol. The lowest BCUT2D eigenvalue weighted by Gasteiger charge is -1.98. The van der Waals surface area contributed by atoms with Crippen LogP contribution in [-0.2, 0) is 4.79 Å². The summed E-state index contributed by atoms with van der Waals surface area (Å²) in [5.74, 6) is -1.40. The van der Waals surface area contributed by atoms with Crippen molar-refractivity contribution < 1.29 is 18.7 Å². The molecule has 0 aromatic rings. The van der Waals surface area contributed by atoms with Crippen molar-refractivity contribution in [1.82, 2.24) is 0 Å². The first-order valence-corrected chi connectivity index (χ1v) is 2.89. The third-order valence-electron chi connectivity index (χ3n) is 1.00. The van der Waals surface area contributed by atoms with Gasteiger partial charge >= 0.3 is 5.97 Å². The van der Waals surface area contributed by atoms with Crippen LogP contribution in [0.5, 0.6) is 0 Å². The van der Waals surface area contributed by atoms with E-state index in [1.165, 1.54) is 0 Å². The van der Waals surface area contributed by atoms with Gasteiger partial charge in [-0.1, -0.05) is 0 Å². The van der Waals surface area contributed by atoms with Crippen LogP contribution in [0.25, 0.3) is 0 Å². The van der Waals surface area contributed by atoms with Crippen LogP contribution < -0.4 is 11.5 Å². The molecule has 12 heavy (non-hydrogen) atoms. The first-order valence-electron chi connectivity index (χ1n) is 2.89. The number of allylic oxidation sites excluding steroid dienone is 1. The topological polar surface area (TPSA) is 89.3 Å². The Hall–Kier alpha value is -1.59. The lowest BCUT2D eigenvalue weighted by molar-refractivity contribution is -0.132. The molecule has 0 aromatic heterocycles. The van der Waals surface area contributed by atoms with E-state index in [0.29, 0.717) is 12.3 Å². The van der Waals surface area contributed by atoms with E-state index in [2.05, 4.69) is 0 Å². The van der Waals surface area contributed by atoms with Crippen molar-refractivity contribution in [3.63, 3.8) is 0 Å². The second-order valence-corrected chi connectivity index (χ2v) is 1.87. The Morgan fingerprint density at radius 2 is 2.00 bits per heavy atom. The molecule has 0 aromatic carbocycles. The van der Waals surface area contributed by atoms with Gasteiger partial charge in [0.1, 0.15) is 0 Å². The molecule has 0 aliphatic heterocycles. The summed E-state index contributed by atoms with van der Waals surface area (Å²) in [7, 11) is 0. The summed E-state index contributed by atoms with van der Waals surface area (Å²) in [4.78, 5) is 10.2. The van der Waals surface area contributed by atoms with Crippen molar-refractivity contribution >= 4 is 5.97 Å². The van der Waals surface area contributed by atoms with E-state index in [1.54, 1.807) is 0 Å². The van der Waals surface area contributed by atoms with Gasteiger partial charge in [0, 0.05) is 6.20 Å². The fourth-order valence-corrected chi connectivity index (χ4v) is 0.424. The summed E-state index contributed by atoms with van der Waals surface area (Å²) < 4.78 is 23.5. The molecule has 0 radical (unpaired) electrons. The highest BCUT2D eigenvalue weighted by Crippen LogP contribution is 2.05. The Labute approximate surface area is 67.2 Å². The summed E-state index contributed by atoms with van der Waals surface area (Å²) in [6, 6.07) is 0. The van der Waals surface area contributed by atoms with Crippen molar-refractivity contribution in [3.8, 4) is 0 Å². The summed E-state index contributed by atoms with van der Waals surface area (Å²) in [5.41, 5.74) is 8.33. The molecule has 68 valence electrons. The van der Waals surface area contributed by atoms with Gasteiger partial charge in [0.05, 0.1) is 11.3 Å². The molecule has 0 bridgehead atoms. The molecule has 0 saturated heterocycles. The Morgan fingerprint density at radius 3 is 2.25 bits per heavy atom. The van der Waals surface area contributed by atoms with Crippen LogP contribution in [0.4, 0.5) is 8.78 Å². The minimum atomic E-state index is -2.88. The second-order valence-electron chi connectivity index (χ2n) is 1.87. The lowest BCUT2D eigenvalue weighted by atomic mass is 10.2. The van der Waals surface area contributed by atoms with E-state index in [9.17, 15) is 13.6 Å². The van der Waals surface area contributed by atoms with E-state index >= 15 is 0 Å². The number of alkyl halides is 2. The summed E-state index contributed by atoms with van der Waals surface area (Å²) in [5, 5.41) is 8.31. The second kappa shape index (κ2) is 4.32. The molecule has 0 saturated carbocycles. The molecule has 5 N–H and O–H groups in total. The zero-order chi connectivity index (χ0) is 9.72. The van der Waals surface area contributed by atoms with E-state index in [0.717, 1.165) is 0 Å². The van der Waals surface area contributed by atoms with Gasteiger partial charge < -0.3 is 16.6 Å². The maximum Gasteiger partial charge on any atom is 0.337 e. The number of carboxylic acids is 1. The summed E-state index contributed by atoms with van der Waals surface area (Å²) in [6.07, 6.45) is -1.57. The van der Waals surface area contributed by atoms with E-state index in [4.69, 9.17) is 16.6 Å². The van der Waals surface area contributed by atoms with Crippen molar-refractivity contribution in [3.05, 3.63) is 23.5 Å². The normalized spacial score (nSPS) is 13.6. The highest BCUT2D eigenvalue weighted by atomic mass is 19.3. The smallest absolute Gasteiger partial charge is 0.337 e. The van der Waals surface area contributed by atoms with Crippen LogP contribution in [0.15, 0.2) is 23.5 Å². The van der Waals surface area contributed by atoms with Gasteiger partial charge in [-0.25, -0.2) is 13.6 Å². The van der Waals surface area contributed by atoms with Crippen LogP contribution in [-0.4, -0.2) is 17.5 Å². The van der Waals surface area contributed by atoms with E-state index in [1.807, 2.05) is 0 Å². The van der Waals surface area contributed by atoms with Crippen molar-refractivity contribution in [2.75, 3.05) is 0 Å². The molecule has 0 rings (SSSR count). The first kappa shape index (κ1) is 10.4. The maximum absolute atomic E-state index is 11.7. The number of carboxylic acid groups (broad SMARTS) is 1. The molecular formula is C6H8F2N2O2. The predicted octanol–water partition coefficient (Wildman–Crippen LogP) is 0.0213. The van der Waals surface area contributed by atoms with E-state index < -0.39 is 23.7 Å². The number of halogens is 2. The Kier molecular flexibility index (Phi) is 3.75.